The lowest BCUT2D eigenvalue weighted by Gasteiger charge is -2.12. The molecule has 0 spiro atoms. The molecule has 3 nitrogen and oxygen atoms in total. The summed E-state index contributed by atoms with van der Waals surface area (Å²) < 4.78 is 5.78. The number of thioether (sulfide) groups is 1. The summed E-state index contributed by atoms with van der Waals surface area (Å²) in [7, 11) is 0. The van der Waals surface area contributed by atoms with E-state index in [2.05, 4.69) is 24.3 Å². The molecular weight excluding hydrogens is 272 g/mol. The Morgan fingerprint density at radius 2 is 1.95 bits per heavy atom. The van der Waals surface area contributed by atoms with Crippen molar-refractivity contribution >= 4 is 17.7 Å². The molecule has 2 aromatic carbocycles. The van der Waals surface area contributed by atoms with Crippen molar-refractivity contribution < 1.29 is 14.6 Å². The summed E-state index contributed by atoms with van der Waals surface area (Å²) in [5.41, 5.74) is 1.62. The number of carboxylic acids is 1. The molecule has 0 bridgehead atoms. The fraction of sp³-hybridized carbons (Fsp3) is 0.188. The second kappa shape index (κ2) is 5.59. The Kier molecular flexibility index (Phi) is 3.65. The van der Waals surface area contributed by atoms with E-state index >= 15 is 0 Å². The van der Waals surface area contributed by atoms with Gasteiger partial charge in [0.05, 0.1) is 12.2 Å². The molecule has 4 heteroatoms. The largest absolute Gasteiger partial charge is 0.493 e. The van der Waals surface area contributed by atoms with Crippen LogP contribution in [-0.4, -0.2) is 23.4 Å². The molecule has 0 aromatic heterocycles. The summed E-state index contributed by atoms with van der Waals surface area (Å²) >= 11 is 1.86. The number of aromatic carboxylic acids is 1. The highest BCUT2D eigenvalue weighted by Gasteiger charge is 2.23. The first-order valence-corrected chi connectivity index (χ1v) is 7.40. The van der Waals surface area contributed by atoms with Gasteiger partial charge in [-0.3, -0.25) is 0 Å². The van der Waals surface area contributed by atoms with Gasteiger partial charge in [-0.05, 0) is 35.9 Å². The molecule has 20 heavy (non-hydrogen) atoms. The van der Waals surface area contributed by atoms with Gasteiger partial charge in [-0.2, -0.15) is 0 Å². The van der Waals surface area contributed by atoms with Crippen molar-refractivity contribution in [1.82, 2.24) is 0 Å². The van der Waals surface area contributed by atoms with Gasteiger partial charge >= 0.3 is 5.97 Å². The number of rotatable bonds is 4. The molecule has 0 saturated heterocycles. The summed E-state index contributed by atoms with van der Waals surface area (Å²) in [6, 6.07) is 14.9. The zero-order chi connectivity index (χ0) is 13.9. The SMILES string of the molecule is O=C(O)c1ccc(OCC2CSc3ccccc32)cc1. The van der Waals surface area contributed by atoms with Crippen LogP contribution >= 0.6 is 11.8 Å². The topological polar surface area (TPSA) is 46.5 Å². The zero-order valence-electron chi connectivity index (χ0n) is 10.8. The highest BCUT2D eigenvalue weighted by Crippen LogP contribution is 2.39. The molecule has 0 saturated carbocycles. The van der Waals surface area contributed by atoms with Gasteiger partial charge in [-0.25, -0.2) is 4.79 Å². The predicted octanol–water partition coefficient (Wildman–Crippen LogP) is 3.65. The van der Waals surface area contributed by atoms with E-state index < -0.39 is 5.97 Å². The summed E-state index contributed by atoms with van der Waals surface area (Å²) in [4.78, 5) is 12.1. The van der Waals surface area contributed by atoms with Crippen LogP contribution in [-0.2, 0) is 0 Å². The molecule has 0 amide bonds. The lowest BCUT2D eigenvalue weighted by Crippen LogP contribution is -2.09. The summed E-state index contributed by atoms with van der Waals surface area (Å²) in [6.07, 6.45) is 0. The first-order chi connectivity index (χ1) is 9.74. The highest BCUT2D eigenvalue weighted by atomic mass is 32.2. The molecule has 3 rings (SSSR count). The van der Waals surface area contributed by atoms with Crippen molar-refractivity contribution in [3.63, 3.8) is 0 Å². The fourth-order valence-corrected chi connectivity index (χ4v) is 3.49. The van der Waals surface area contributed by atoms with Crippen LogP contribution in [0, 0.1) is 0 Å². The molecule has 1 aliphatic heterocycles. The number of carbonyl (C=O) groups is 1. The van der Waals surface area contributed by atoms with Crippen LogP contribution in [0.15, 0.2) is 53.4 Å². The molecule has 1 heterocycles. The lowest BCUT2D eigenvalue weighted by molar-refractivity contribution is 0.0697. The highest BCUT2D eigenvalue weighted by molar-refractivity contribution is 7.99. The molecule has 1 atom stereocenters. The number of hydrogen-bond acceptors (Lipinski definition) is 3. The molecule has 1 N–H and O–H groups in total. The van der Waals surface area contributed by atoms with Crippen LogP contribution in [0.25, 0.3) is 0 Å². The lowest BCUT2D eigenvalue weighted by atomic mass is 10.0. The van der Waals surface area contributed by atoms with Crippen LogP contribution in [0.2, 0.25) is 0 Å². The van der Waals surface area contributed by atoms with Crippen LogP contribution in [0.1, 0.15) is 21.8 Å². The fourth-order valence-electron chi connectivity index (χ4n) is 2.26. The van der Waals surface area contributed by atoms with Gasteiger partial charge in [0.1, 0.15) is 5.75 Å². The predicted molar refractivity (Wildman–Crippen MR) is 78.8 cm³/mol. The van der Waals surface area contributed by atoms with Crippen molar-refractivity contribution in [3.05, 3.63) is 59.7 Å². The summed E-state index contributed by atoms with van der Waals surface area (Å²) in [5.74, 6) is 1.23. The van der Waals surface area contributed by atoms with Crippen molar-refractivity contribution in [2.45, 2.75) is 10.8 Å². The minimum atomic E-state index is -0.919. The maximum absolute atomic E-state index is 10.8. The van der Waals surface area contributed by atoms with Crippen molar-refractivity contribution in [2.24, 2.45) is 0 Å². The molecule has 102 valence electrons. The smallest absolute Gasteiger partial charge is 0.335 e. The zero-order valence-corrected chi connectivity index (χ0v) is 11.6. The van der Waals surface area contributed by atoms with Gasteiger partial charge in [0.2, 0.25) is 0 Å². The second-order valence-corrected chi connectivity index (χ2v) is 5.75. The van der Waals surface area contributed by atoms with Crippen LogP contribution in [0.5, 0.6) is 5.75 Å². The quantitative estimate of drug-likeness (QED) is 0.932. The standard InChI is InChI=1S/C16H14O3S/c17-16(18)11-5-7-13(8-6-11)19-9-12-10-20-15-4-2-1-3-14(12)15/h1-8,12H,9-10H2,(H,17,18). The van der Waals surface area contributed by atoms with E-state index in [0.717, 1.165) is 5.75 Å². The Hall–Kier alpha value is -1.94. The van der Waals surface area contributed by atoms with E-state index in [1.165, 1.54) is 10.5 Å². The van der Waals surface area contributed by atoms with Crippen LogP contribution in [0.4, 0.5) is 0 Å². The molecule has 0 fully saturated rings. The molecular formula is C16H14O3S. The van der Waals surface area contributed by atoms with E-state index in [-0.39, 0.29) is 5.56 Å². The summed E-state index contributed by atoms with van der Waals surface area (Å²) in [6.45, 7) is 0.621. The van der Waals surface area contributed by atoms with E-state index in [4.69, 9.17) is 9.84 Å². The second-order valence-electron chi connectivity index (χ2n) is 4.69. The average Bonchev–Trinajstić information content (AvgIpc) is 2.89. The first kappa shape index (κ1) is 13.1. The minimum absolute atomic E-state index is 0.277. The third-order valence-corrected chi connectivity index (χ3v) is 4.60. The van der Waals surface area contributed by atoms with Gasteiger partial charge < -0.3 is 9.84 Å². The van der Waals surface area contributed by atoms with Crippen molar-refractivity contribution in [1.29, 1.82) is 0 Å². The molecule has 0 radical (unpaired) electrons. The number of benzene rings is 2. The van der Waals surface area contributed by atoms with Crippen LogP contribution < -0.4 is 4.74 Å². The normalized spacial score (nSPS) is 16.7. The Labute approximate surface area is 121 Å². The van der Waals surface area contributed by atoms with Crippen molar-refractivity contribution in [3.8, 4) is 5.75 Å². The van der Waals surface area contributed by atoms with E-state index in [0.29, 0.717) is 18.3 Å². The van der Waals surface area contributed by atoms with Gasteiger partial charge in [0, 0.05) is 16.6 Å². The average molecular weight is 286 g/mol. The number of carboxylic acid groups (broad SMARTS) is 1. The Balaban J connectivity index is 1.64. The number of fused-ring (bicyclic) bond motifs is 1. The van der Waals surface area contributed by atoms with Crippen LogP contribution in [0.3, 0.4) is 0 Å². The third kappa shape index (κ3) is 2.65. The molecule has 2 aromatic rings. The van der Waals surface area contributed by atoms with Gasteiger partial charge in [0.15, 0.2) is 0 Å². The first-order valence-electron chi connectivity index (χ1n) is 6.42. The Morgan fingerprint density at radius 1 is 1.20 bits per heavy atom. The third-order valence-electron chi connectivity index (χ3n) is 3.35. The molecule has 0 aliphatic carbocycles. The van der Waals surface area contributed by atoms with Gasteiger partial charge in [-0.15, -0.1) is 11.8 Å². The number of hydrogen-bond donors (Lipinski definition) is 1. The number of ether oxygens (including phenoxy) is 1. The minimum Gasteiger partial charge on any atom is -0.493 e. The van der Waals surface area contributed by atoms with E-state index in [9.17, 15) is 4.79 Å². The maximum atomic E-state index is 10.8. The van der Waals surface area contributed by atoms with Gasteiger partial charge in [0.25, 0.3) is 0 Å². The Morgan fingerprint density at radius 3 is 2.70 bits per heavy atom. The van der Waals surface area contributed by atoms with E-state index in [1.54, 1.807) is 24.3 Å². The molecule has 1 aliphatic rings. The maximum Gasteiger partial charge on any atom is 0.335 e. The summed E-state index contributed by atoms with van der Waals surface area (Å²) in [5, 5.41) is 8.84. The molecule has 1 unspecified atom stereocenters. The van der Waals surface area contributed by atoms with Gasteiger partial charge in [-0.1, -0.05) is 18.2 Å². The van der Waals surface area contributed by atoms with E-state index in [1.807, 2.05) is 11.8 Å². The monoisotopic (exact) mass is 286 g/mol. The van der Waals surface area contributed by atoms with Crippen molar-refractivity contribution in [2.75, 3.05) is 12.4 Å². The Bertz CT molecular complexity index is 622.